The predicted molar refractivity (Wildman–Crippen MR) is 150 cm³/mol. The molecule has 0 aliphatic rings. The SMILES string of the molecule is N[C@@H](CS)C(=O)Nc1ccc(NC(=O)C(c2ccccc2)c2ccccc2)c(C(=O)c2ccccc2)c1. The number of anilines is 2. The topological polar surface area (TPSA) is 101 Å². The van der Waals surface area contributed by atoms with Gasteiger partial charge in [0.25, 0.3) is 0 Å². The van der Waals surface area contributed by atoms with Gasteiger partial charge in [0.1, 0.15) is 0 Å². The molecule has 0 aromatic heterocycles. The van der Waals surface area contributed by atoms with Crippen LogP contribution in [0.4, 0.5) is 11.4 Å². The maximum Gasteiger partial charge on any atom is 0.242 e. The molecule has 0 bridgehead atoms. The average molecular weight is 510 g/mol. The lowest BCUT2D eigenvalue weighted by Gasteiger charge is -2.20. The molecule has 37 heavy (non-hydrogen) atoms. The van der Waals surface area contributed by atoms with Crippen LogP contribution in [0.15, 0.2) is 109 Å². The van der Waals surface area contributed by atoms with Crippen molar-refractivity contribution < 1.29 is 14.4 Å². The zero-order chi connectivity index (χ0) is 26.2. The van der Waals surface area contributed by atoms with E-state index in [2.05, 4.69) is 23.3 Å². The molecule has 4 aromatic carbocycles. The highest BCUT2D eigenvalue weighted by atomic mass is 32.1. The summed E-state index contributed by atoms with van der Waals surface area (Å²) in [5, 5.41) is 5.68. The summed E-state index contributed by atoms with van der Waals surface area (Å²) in [6.45, 7) is 0. The molecule has 7 heteroatoms. The first-order chi connectivity index (χ1) is 18.0. The molecule has 2 amide bonds. The van der Waals surface area contributed by atoms with Gasteiger partial charge < -0.3 is 16.4 Å². The molecule has 186 valence electrons. The van der Waals surface area contributed by atoms with E-state index in [-0.39, 0.29) is 23.0 Å². The van der Waals surface area contributed by atoms with E-state index >= 15 is 0 Å². The van der Waals surface area contributed by atoms with Crippen LogP contribution in [-0.4, -0.2) is 29.4 Å². The van der Waals surface area contributed by atoms with E-state index in [0.29, 0.717) is 16.9 Å². The number of hydrogen-bond acceptors (Lipinski definition) is 5. The maximum absolute atomic E-state index is 13.7. The fraction of sp³-hybridized carbons (Fsp3) is 0.100. The van der Waals surface area contributed by atoms with Crippen molar-refractivity contribution in [2.45, 2.75) is 12.0 Å². The summed E-state index contributed by atoms with van der Waals surface area (Å²) in [5.41, 5.74) is 8.86. The normalized spacial score (nSPS) is 11.5. The minimum Gasteiger partial charge on any atom is -0.325 e. The van der Waals surface area contributed by atoms with E-state index < -0.39 is 17.9 Å². The Kier molecular flexibility index (Phi) is 8.51. The Bertz CT molecular complexity index is 1340. The third kappa shape index (κ3) is 6.33. The van der Waals surface area contributed by atoms with Gasteiger partial charge >= 0.3 is 0 Å². The molecule has 0 aliphatic carbocycles. The molecule has 0 saturated heterocycles. The highest BCUT2D eigenvalue weighted by Gasteiger charge is 2.25. The summed E-state index contributed by atoms with van der Waals surface area (Å²) in [6.07, 6.45) is 0. The Morgan fingerprint density at radius 2 is 1.24 bits per heavy atom. The molecule has 4 N–H and O–H groups in total. The molecule has 0 heterocycles. The van der Waals surface area contributed by atoms with Gasteiger partial charge in [-0.15, -0.1) is 0 Å². The standard InChI is InChI=1S/C30H27N3O3S/c31-25(19-37)29(35)32-23-16-17-26(24(18-23)28(34)22-14-8-3-9-15-22)33-30(36)27(20-10-4-1-5-11-20)21-12-6-2-7-13-21/h1-18,25,27,37H,19,31H2,(H,32,35)(H,33,36)/t25-/m0/s1. The van der Waals surface area contributed by atoms with Gasteiger partial charge in [0.05, 0.1) is 17.6 Å². The van der Waals surface area contributed by atoms with Crippen LogP contribution in [0.2, 0.25) is 0 Å². The summed E-state index contributed by atoms with van der Waals surface area (Å²) in [4.78, 5) is 39.5. The van der Waals surface area contributed by atoms with E-state index in [1.165, 1.54) is 0 Å². The summed E-state index contributed by atoms with van der Waals surface area (Å²) in [6, 6.07) is 31.7. The lowest BCUT2D eigenvalue weighted by Crippen LogP contribution is -2.37. The number of amides is 2. The summed E-state index contributed by atoms with van der Waals surface area (Å²) in [7, 11) is 0. The van der Waals surface area contributed by atoms with Crippen LogP contribution in [-0.2, 0) is 9.59 Å². The highest BCUT2D eigenvalue weighted by Crippen LogP contribution is 2.29. The lowest BCUT2D eigenvalue weighted by atomic mass is 9.90. The zero-order valence-corrected chi connectivity index (χ0v) is 20.9. The van der Waals surface area contributed by atoms with Crippen molar-refractivity contribution >= 4 is 41.6 Å². The third-order valence-electron chi connectivity index (χ3n) is 5.89. The van der Waals surface area contributed by atoms with Gasteiger partial charge in [-0.25, -0.2) is 0 Å². The number of nitrogens with two attached hydrogens (primary N) is 1. The van der Waals surface area contributed by atoms with Crippen molar-refractivity contribution in [3.8, 4) is 0 Å². The quantitative estimate of drug-likeness (QED) is 0.191. The molecule has 0 saturated carbocycles. The van der Waals surface area contributed by atoms with Crippen LogP contribution < -0.4 is 16.4 Å². The molecular weight excluding hydrogens is 482 g/mol. The van der Waals surface area contributed by atoms with E-state index in [4.69, 9.17) is 5.73 Å². The first kappa shape index (κ1) is 25.9. The van der Waals surface area contributed by atoms with Gasteiger partial charge in [-0.3, -0.25) is 14.4 Å². The largest absolute Gasteiger partial charge is 0.325 e. The second-order valence-electron chi connectivity index (χ2n) is 8.48. The smallest absolute Gasteiger partial charge is 0.242 e. The first-order valence-corrected chi connectivity index (χ1v) is 12.4. The van der Waals surface area contributed by atoms with Crippen LogP contribution in [0, 0.1) is 0 Å². The molecule has 4 aromatic rings. The molecule has 0 fully saturated rings. The molecular formula is C30H27N3O3S. The van der Waals surface area contributed by atoms with Crippen molar-refractivity contribution in [2.24, 2.45) is 5.73 Å². The van der Waals surface area contributed by atoms with Crippen molar-refractivity contribution in [3.05, 3.63) is 131 Å². The number of benzene rings is 4. The fourth-order valence-electron chi connectivity index (χ4n) is 3.97. The highest BCUT2D eigenvalue weighted by molar-refractivity contribution is 7.80. The van der Waals surface area contributed by atoms with Gasteiger partial charge in [-0.2, -0.15) is 12.6 Å². The molecule has 0 unspecified atom stereocenters. The lowest BCUT2D eigenvalue weighted by molar-refractivity contribution is -0.117. The second kappa shape index (κ2) is 12.2. The Balaban J connectivity index is 1.72. The van der Waals surface area contributed by atoms with Crippen molar-refractivity contribution in [3.63, 3.8) is 0 Å². The maximum atomic E-state index is 13.7. The van der Waals surface area contributed by atoms with Crippen LogP contribution in [0.25, 0.3) is 0 Å². The number of hydrogen-bond donors (Lipinski definition) is 4. The van der Waals surface area contributed by atoms with E-state index in [0.717, 1.165) is 11.1 Å². The zero-order valence-electron chi connectivity index (χ0n) is 20.0. The summed E-state index contributed by atoms with van der Waals surface area (Å²) < 4.78 is 0. The number of thiol groups is 1. The number of carbonyl (C=O) groups is 3. The summed E-state index contributed by atoms with van der Waals surface area (Å²) >= 11 is 4.07. The molecule has 4 rings (SSSR count). The first-order valence-electron chi connectivity index (χ1n) is 11.8. The second-order valence-corrected chi connectivity index (χ2v) is 8.84. The fourth-order valence-corrected chi connectivity index (χ4v) is 4.14. The monoisotopic (exact) mass is 509 g/mol. The Morgan fingerprint density at radius 3 is 1.78 bits per heavy atom. The summed E-state index contributed by atoms with van der Waals surface area (Å²) in [5.74, 6) is -1.40. The van der Waals surface area contributed by atoms with E-state index in [1.54, 1.807) is 42.5 Å². The number of ketones is 1. The van der Waals surface area contributed by atoms with Crippen LogP contribution in [0.1, 0.15) is 33.0 Å². The average Bonchev–Trinajstić information content (AvgIpc) is 2.94. The number of nitrogens with one attached hydrogen (secondary N) is 2. The molecule has 6 nitrogen and oxygen atoms in total. The molecule has 0 radical (unpaired) electrons. The van der Waals surface area contributed by atoms with Gasteiger partial charge in [0.15, 0.2) is 5.78 Å². The van der Waals surface area contributed by atoms with Crippen LogP contribution in [0.3, 0.4) is 0 Å². The van der Waals surface area contributed by atoms with Crippen molar-refractivity contribution in [2.75, 3.05) is 16.4 Å². The van der Waals surface area contributed by atoms with E-state index in [1.807, 2.05) is 66.7 Å². The Labute approximate surface area is 221 Å². The Hall–Kier alpha value is -4.20. The molecule has 1 atom stereocenters. The minimum atomic E-state index is -0.798. The minimum absolute atomic E-state index is 0.177. The van der Waals surface area contributed by atoms with Gasteiger partial charge in [0.2, 0.25) is 11.8 Å². The van der Waals surface area contributed by atoms with Gasteiger partial charge in [-0.1, -0.05) is 91.0 Å². The van der Waals surface area contributed by atoms with Crippen LogP contribution >= 0.6 is 12.6 Å². The Morgan fingerprint density at radius 1 is 0.703 bits per heavy atom. The number of rotatable bonds is 9. The predicted octanol–water partition coefficient (Wildman–Crippen LogP) is 4.88. The van der Waals surface area contributed by atoms with Gasteiger partial charge in [-0.05, 0) is 29.3 Å². The third-order valence-corrected chi connectivity index (χ3v) is 6.28. The van der Waals surface area contributed by atoms with Crippen molar-refractivity contribution in [1.82, 2.24) is 0 Å². The molecule has 0 spiro atoms. The van der Waals surface area contributed by atoms with Gasteiger partial charge in [0, 0.05) is 22.6 Å². The molecule has 0 aliphatic heterocycles. The van der Waals surface area contributed by atoms with E-state index in [9.17, 15) is 14.4 Å². The van der Waals surface area contributed by atoms with Crippen molar-refractivity contribution in [1.29, 1.82) is 0 Å². The number of carbonyl (C=O) groups excluding carboxylic acids is 3. The van der Waals surface area contributed by atoms with Crippen LogP contribution in [0.5, 0.6) is 0 Å².